The number of rotatable bonds is 2. The van der Waals surface area contributed by atoms with Gasteiger partial charge in [0.25, 0.3) is 0 Å². The highest BCUT2D eigenvalue weighted by Crippen LogP contribution is 2.39. The minimum absolute atomic E-state index is 0.186. The van der Waals surface area contributed by atoms with Crippen LogP contribution < -0.4 is 4.90 Å². The van der Waals surface area contributed by atoms with Crippen LogP contribution in [0.4, 0.5) is 5.69 Å². The van der Waals surface area contributed by atoms with Crippen molar-refractivity contribution < 1.29 is 9.90 Å². The minimum atomic E-state index is -0.440. The fourth-order valence-electron chi connectivity index (χ4n) is 2.52. The van der Waals surface area contributed by atoms with Gasteiger partial charge < -0.3 is 10.0 Å². The first-order valence-corrected chi connectivity index (χ1v) is 6.18. The van der Waals surface area contributed by atoms with Gasteiger partial charge in [-0.1, -0.05) is 12.1 Å². The zero-order chi connectivity index (χ0) is 12.0. The third kappa shape index (κ3) is 1.95. The number of benzene rings is 1. The molecule has 1 N–H and O–H groups in total. The van der Waals surface area contributed by atoms with Crippen LogP contribution in [0.25, 0.3) is 0 Å². The molecule has 0 aromatic heterocycles. The summed E-state index contributed by atoms with van der Waals surface area (Å²) in [4.78, 5) is 13.3. The Labute approximate surface area is 101 Å². The molecule has 1 aromatic carbocycles. The highest BCUT2D eigenvalue weighted by atomic mass is 16.3. The summed E-state index contributed by atoms with van der Waals surface area (Å²) >= 11 is 0. The molecule has 0 spiro atoms. The molecule has 1 fully saturated rings. The number of carbonyl (C=O) groups is 1. The van der Waals surface area contributed by atoms with E-state index >= 15 is 0 Å². The first kappa shape index (κ1) is 10.8. The van der Waals surface area contributed by atoms with Gasteiger partial charge in [-0.25, -0.2) is 0 Å². The molecular formula is C14H17NO2. The Morgan fingerprint density at radius 3 is 2.82 bits per heavy atom. The summed E-state index contributed by atoms with van der Waals surface area (Å²) in [7, 11) is 1.83. The van der Waals surface area contributed by atoms with Crippen molar-refractivity contribution in [2.24, 2.45) is 0 Å². The zero-order valence-electron chi connectivity index (χ0n) is 10.1. The lowest BCUT2D eigenvalue weighted by molar-refractivity contribution is -0.118. The lowest BCUT2D eigenvalue weighted by Crippen LogP contribution is -2.31. The number of hydrogen-bond acceptors (Lipinski definition) is 2. The van der Waals surface area contributed by atoms with Gasteiger partial charge in [0, 0.05) is 25.6 Å². The Balaban J connectivity index is 1.88. The van der Waals surface area contributed by atoms with Gasteiger partial charge in [-0.2, -0.15) is 0 Å². The predicted octanol–water partition coefficient (Wildman–Crippen LogP) is 1.66. The summed E-state index contributed by atoms with van der Waals surface area (Å²) < 4.78 is 0. The summed E-state index contributed by atoms with van der Waals surface area (Å²) in [5.41, 5.74) is 3.00. The Kier molecular flexibility index (Phi) is 2.26. The first-order valence-electron chi connectivity index (χ1n) is 6.18. The SMILES string of the molecule is CN1C(=O)CCc2cc(CC3(O)CC3)ccc21. The average Bonchev–Trinajstić information content (AvgIpc) is 3.02. The maximum atomic E-state index is 11.6. The summed E-state index contributed by atoms with van der Waals surface area (Å²) in [6, 6.07) is 6.19. The normalized spacial score (nSPS) is 21.3. The van der Waals surface area contributed by atoms with Crippen molar-refractivity contribution in [2.75, 3.05) is 11.9 Å². The zero-order valence-corrected chi connectivity index (χ0v) is 10.1. The lowest BCUT2D eigenvalue weighted by atomic mass is 9.96. The Morgan fingerprint density at radius 1 is 1.35 bits per heavy atom. The number of aliphatic hydroxyl groups is 1. The fraction of sp³-hybridized carbons (Fsp3) is 0.500. The summed E-state index contributed by atoms with van der Waals surface area (Å²) in [6.07, 6.45) is 4.00. The Bertz CT molecular complexity index is 477. The van der Waals surface area contributed by atoms with Crippen LogP contribution in [-0.4, -0.2) is 23.7 Å². The quantitative estimate of drug-likeness (QED) is 0.841. The summed E-state index contributed by atoms with van der Waals surface area (Å²) in [5.74, 6) is 0.186. The molecule has 1 aliphatic heterocycles. The molecule has 0 bridgehead atoms. The van der Waals surface area contributed by atoms with Crippen LogP contribution in [0.5, 0.6) is 0 Å². The van der Waals surface area contributed by atoms with Crippen molar-refractivity contribution in [3.8, 4) is 0 Å². The van der Waals surface area contributed by atoms with E-state index in [-0.39, 0.29) is 5.91 Å². The molecule has 1 aliphatic carbocycles. The van der Waals surface area contributed by atoms with Gasteiger partial charge in [0.15, 0.2) is 0 Å². The molecule has 3 rings (SSSR count). The predicted molar refractivity (Wildman–Crippen MR) is 66.1 cm³/mol. The van der Waals surface area contributed by atoms with Gasteiger partial charge in [0.1, 0.15) is 0 Å². The van der Waals surface area contributed by atoms with Crippen LogP contribution >= 0.6 is 0 Å². The highest BCUT2D eigenvalue weighted by Gasteiger charge is 2.40. The van der Waals surface area contributed by atoms with Crippen molar-refractivity contribution >= 4 is 11.6 Å². The molecule has 1 aromatic rings. The van der Waals surface area contributed by atoms with Gasteiger partial charge >= 0.3 is 0 Å². The Hall–Kier alpha value is -1.35. The van der Waals surface area contributed by atoms with E-state index in [9.17, 15) is 9.90 Å². The second-order valence-corrected chi connectivity index (χ2v) is 5.32. The number of carbonyl (C=O) groups excluding carboxylic acids is 1. The van der Waals surface area contributed by atoms with Crippen molar-refractivity contribution in [3.63, 3.8) is 0 Å². The second-order valence-electron chi connectivity index (χ2n) is 5.32. The number of nitrogens with zero attached hydrogens (tertiary/aromatic N) is 1. The van der Waals surface area contributed by atoms with Gasteiger partial charge in [-0.05, 0) is 36.5 Å². The number of amides is 1. The van der Waals surface area contributed by atoms with Crippen LogP contribution in [0.15, 0.2) is 18.2 Å². The molecule has 2 aliphatic rings. The second kappa shape index (κ2) is 3.57. The average molecular weight is 231 g/mol. The van der Waals surface area contributed by atoms with E-state index in [2.05, 4.69) is 6.07 Å². The maximum absolute atomic E-state index is 11.6. The van der Waals surface area contributed by atoms with Crippen LogP contribution in [0, 0.1) is 0 Å². The third-order valence-electron chi connectivity index (χ3n) is 3.85. The van der Waals surface area contributed by atoms with E-state index in [0.717, 1.165) is 31.4 Å². The van der Waals surface area contributed by atoms with Gasteiger partial charge in [-0.3, -0.25) is 4.79 Å². The van der Waals surface area contributed by atoms with Crippen LogP contribution in [0.2, 0.25) is 0 Å². The number of aryl methyl sites for hydroxylation is 1. The molecule has 0 radical (unpaired) electrons. The van der Waals surface area contributed by atoms with Crippen molar-refractivity contribution in [3.05, 3.63) is 29.3 Å². The largest absolute Gasteiger partial charge is 0.390 e. The van der Waals surface area contributed by atoms with Gasteiger partial charge in [0.2, 0.25) is 5.91 Å². The maximum Gasteiger partial charge on any atom is 0.227 e. The number of fused-ring (bicyclic) bond motifs is 1. The fourth-order valence-corrected chi connectivity index (χ4v) is 2.52. The number of hydrogen-bond donors (Lipinski definition) is 1. The van der Waals surface area contributed by atoms with Crippen molar-refractivity contribution in [1.82, 2.24) is 0 Å². The molecule has 0 saturated heterocycles. The topological polar surface area (TPSA) is 40.5 Å². The first-order chi connectivity index (χ1) is 8.07. The lowest BCUT2D eigenvalue weighted by Gasteiger charge is -2.26. The van der Waals surface area contributed by atoms with E-state index in [1.807, 2.05) is 19.2 Å². The molecule has 3 nitrogen and oxygen atoms in total. The van der Waals surface area contributed by atoms with Gasteiger partial charge in [0.05, 0.1) is 5.60 Å². The van der Waals surface area contributed by atoms with Crippen LogP contribution in [0.3, 0.4) is 0 Å². The van der Waals surface area contributed by atoms with Crippen LogP contribution in [0.1, 0.15) is 30.4 Å². The molecule has 1 heterocycles. The minimum Gasteiger partial charge on any atom is -0.390 e. The van der Waals surface area contributed by atoms with Crippen molar-refractivity contribution in [1.29, 1.82) is 0 Å². The molecule has 1 saturated carbocycles. The molecule has 0 unspecified atom stereocenters. The standard InChI is InChI=1S/C14H17NO2/c1-15-12-4-2-10(9-14(17)6-7-14)8-11(12)3-5-13(15)16/h2,4,8,17H,3,5-7,9H2,1H3. The summed E-state index contributed by atoms with van der Waals surface area (Å²) in [5, 5.41) is 9.92. The van der Waals surface area contributed by atoms with E-state index in [4.69, 9.17) is 0 Å². The monoisotopic (exact) mass is 231 g/mol. The molecular weight excluding hydrogens is 214 g/mol. The Morgan fingerprint density at radius 2 is 2.12 bits per heavy atom. The molecule has 1 amide bonds. The number of anilines is 1. The highest BCUT2D eigenvalue weighted by molar-refractivity contribution is 5.95. The summed E-state index contributed by atoms with van der Waals surface area (Å²) in [6.45, 7) is 0. The van der Waals surface area contributed by atoms with E-state index in [1.54, 1.807) is 4.90 Å². The molecule has 17 heavy (non-hydrogen) atoms. The van der Waals surface area contributed by atoms with E-state index < -0.39 is 5.60 Å². The van der Waals surface area contributed by atoms with Crippen LogP contribution in [-0.2, 0) is 17.6 Å². The van der Waals surface area contributed by atoms with Gasteiger partial charge in [-0.15, -0.1) is 0 Å². The smallest absolute Gasteiger partial charge is 0.227 e. The van der Waals surface area contributed by atoms with Crippen molar-refractivity contribution in [2.45, 2.75) is 37.7 Å². The van der Waals surface area contributed by atoms with E-state index in [1.165, 1.54) is 11.1 Å². The molecule has 3 heteroatoms. The van der Waals surface area contributed by atoms with E-state index in [0.29, 0.717) is 6.42 Å². The molecule has 90 valence electrons. The third-order valence-corrected chi connectivity index (χ3v) is 3.85. The molecule has 0 atom stereocenters.